The van der Waals surface area contributed by atoms with Crippen LogP contribution in [0.3, 0.4) is 0 Å². The van der Waals surface area contributed by atoms with E-state index in [0.29, 0.717) is 34.3 Å². The van der Waals surface area contributed by atoms with Crippen LogP contribution in [0.1, 0.15) is 33.0 Å². The summed E-state index contributed by atoms with van der Waals surface area (Å²) in [6, 6.07) is 31.0. The van der Waals surface area contributed by atoms with Crippen LogP contribution in [0.15, 0.2) is 109 Å². The van der Waals surface area contributed by atoms with Gasteiger partial charge < -0.3 is 19.9 Å². The van der Waals surface area contributed by atoms with Gasteiger partial charge in [-0.2, -0.15) is 5.26 Å². The summed E-state index contributed by atoms with van der Waals surface area (Å²) in [5.41, 5.74) is 9.44. The van der Waals surface area contributed by atoms with Gasteiger partial charge in [0.05, 0.1) is 11.5 Å². The maximum absolute atomic E-state index is 12.5. The molecule has 5 rings (SSSR count). The number of carbonyl (C=O) groups is 1. The van der Waals surface area contributed by atoms with Gasteiger partial charge in [-0.05, 0) is 53.6 Å². The maximum atomic E-state index is 12.5. The van der Waals surface area contributed by atoms with Crippen LogP contribution in [0.5, 0.6) is 17.2 Å². The number of esters is 1. The van der Waals surface area contributed by atoms with Gasteiger partial charge in [0.15, 0.2) is 0 Å². The summed E-state index contributed by atoms with van der Waals surface area (Å²) in [6.45, 7) is 0.452. The Kier molecular flexibility index (Phi) is 6.80. The van der Waals surface area contributed by atoms with Crippen LogP contribution >= 0.6 is 11.6 Å². The summed E-state index contributed by atoms with van der Waals surface area (Å²) in [4.78, 5) is 12.5. The molecule has 1 atom stereocenters. The zero-order valence-electron chi connectivity index (χ0n) is 19.6. The largest absolute Gasteiger partial charge is 0.489 e. The molecule has 0 saturated heterocycles. The van der Waals surface area contributed by atoms with E-state index in [9.17, 15) is 10.1 Å². The summed E-state index contributed by atoms with van der Waals surface area (Å²) >= 11 is 5.89. The molecular formula is C30H21ClN2O4. The van der Waals surface area contributed by atoms with Crippen LogP contribution in [-0.4, -0.2) is 5.97 Å². The molecule has 0 saturated carbocycles. The van der Waals surface area contributed by atoms with Crippen molar-refractivity contribution in [3.63, 3.8) is 0 Å². The van der Waals surface area contributed by atoms with E-state index in [1.807, 2.05) is 54.6 Å². The first-order valence-corrected chi connectivity index (χ1v) is 11.9. The van der Waals surface area contributed by atoms with Gasteiger partial charge in [-0.1, -0.05) is 60.1 Å². The number of fused-ring (bicyclic) bond motifs is 1. The van der Waals surface area contributed by atoms with E-state index in [2.05, 4.69) is 6.07 Å². The topological polar surface area (TPSA) is 94.6 Å². The minimum Gasteiger partial charge on any atom is -0.489 e. The summed E-state index contributed by atoms with van der Waals surface area (Å²) in [6.07, 6.45) is 0. The van der Waals surface area contributed by atoms with E-state index < -0.39 is 11.9 Å². The van der Waals surface area contributed by atoms with E-state index in [4.69, 9.17) is 31.5 Å². The van der Waals surface area contributed by atoms with Crippen molar-refractivity contribution in [1.82, 2.24) is 0 Å². The third-order valence-electron chi connectivity index (χ3n) is 5.94. The highest BCUT2D eigenvalue weighted by atomic mass is 35.5. The van der Waals surface area contributed by atoms with E-state index in [1.165, 1.54) is 0 Å². The molecule has 0 spiro atoms. The van der Waals surface area contributed by atoms with Crippen LogP contribution in [0.4, 0.5) is 0 Å². The molecule has 7 heteroatoms. The molecule has 6 nitrogen and oxygen atoms in total. The molecule has 37 heavy (non-hydrogen) atoms. The Labute approximate surface area is 219 Å². The number of allylic oxidation sites excluding steroid dienone is 1. The number of nitriles is 1. The number of hydrogen-bond acceptors (Lipinski definition) is 6. The molecule has 1 aliphatic rings. The lowest BCUT2D eigenvalue weighted by atomic mass is 9.83. The van der Waals surface area contributed by atoms with Crippen LogP contribution < -0.4 is 19.9 Å². The van der Waals surface area contributed by atoms with Crippen LogP contribution in [0.25, 0.3) is 0 Å². The van der Waals surface area contributed by atoms with Gasteiger partial charge >= 0.3 is 5.97 Å². The van der Waals surface area contributed by atoms with Crippen molar-refractivity contribution in [3.8, 4) is 23.3 Å². The molecule has 0 amide bonds. The first-order valence-electron chi connectivity index (χ1n) is 11.5. The Morgan fingerprint density at radius 3 is 2.35 bits per heavy atom. The predicted octanol–water partition coefficient (Wildman–Crippen LogP) is 6.36. The summed E-state index contributed by atoms with van der Waals surface area (Å²) in [5.74, 6) is 0.433. The average molecular weight is 509 g/mol. The number of rotatable bonds is 6. The third-order valence-corrected chi connectivity index (χ3v) is 6.19. The molecule has 182 valence electrons. The second kappa shape index (κ2) is 10.5. The Hall–Kier alpha value is -4.73. The Bertz CT molecular complexity index is 1510. The van der Waals surface area contributed by atoms with E-state index >= 15 is 0 Å². The van der Waals surface area contributed by atoms with Crippen molar-refractivity contribution in [3.05, 3.63) is 136 Å². The van der Waals surface area contributed by atoms with Crippen LogP contribution in [-0.2, 0) is 6.61 Å². The van der Waals surface area contributed by atoms with Crippen molar-refractivity contribution in [2.24, 2.45) is 5.73 Å². The normalized spacial score (nSPS) is 14.2. The van der Waals surface area contributed by atoms with Gasteiger partial charge in [0.25, 0.3) is 0 Å². The second-order valence-electron chi connectivity index (χ2n) is 8.36. The molecule has 0 radical (unpaired) electrons. The lowest BCUT2D eigenvalue weighted by Crippen LogP contribution is -2.21. The summed E-state index contributed by atoms with van der Waals surface area (Å²) < 4.78 is 17.1. The molecule has 1 aliphatic heterocycles. The van der Waals surface area contributed by atoms with Crippen molar-refractivity contribution in [1.29, 1.82) is 5.26 Å². The lowest BCUT2D eigenvalue weighted by Gasteiger charge is -2.26. The molecule has 0 aromatic heterocycles. The maximum Gasteiger partial charge on any atom is 0.343 e. The number of benzene rings is 4. The number of carbonyl (C=O) groups excluding carboxylic acids is 1. The predicted molar refractivity (Wildman–Crippen MR) is 139 cm³/mol. The molecule has 4 aromatic rings. The fourth-order valence-electron chi connectivity index (χ4n) is 4.09. The van der Waals surface area contributed by atoms with Crippen molar-refractivity contribution in [2.75, 3.05) is 0 Å². The van der Waals surface area contributed by atoms with Crippen molar-refractivity contribution in [2.45, 2.75) is 12.5 Å². The van der Waals surface area contributed by atoms with Gasteiger partial charge in [-0.25, -0.2) is 4.79 Å². The number of hydrogen-bond donors (Lipinski definition) is 1. The average Bonchev–Trinajstić information content (AvgIpc) is 2.92. The van der Waals surface area contributed by atoms with Crippen LogP contribution in [0, 0.1) is 11.3 Å². The number of halogens is 1. The third kappa shape index (κ3) is 5.27. The molecule has 0 bridgehead atoms. The van der Waals surface area contributed by atoms with Crippen molar-refractivity contribution >= 4 is 17.6 Å². The second-order valence-corrected chi connectivity index (χ2v) is 8.80. The highest BCUT2D eigenvalue weighted by molar-refractivity contribution is 6.30. The molecule has 0 aliphatic carbocycles. The number of nitrogens with two attached hydrogens (primary N) is 1. The van der Waals surface area contributed by atoms with E-state index in [1.54, 1.807) is 42.5 Å². The lowest BCUT2D eigenvalue weighted by molar-refractivity contribution is 0.0734. The first kappa shape index (κ1) is 24.0. The van der Waals surface area contributed by atoms with Gasteiger partial charge in [0.1, 0.15) is 35.5 Å². The van der Waals surface area contributed by atoms with Gasteiger partial charge in [0.2, 0.25) is 5.88 Å². The van der Waals surface area contributed by atoms with Gasteiger partial charge in [0, 0.05) is 16.7 Å². The van der Waals surface area contributed by atoms with Crippen LogP contribution in [0.2, 0.25) is 5.02 Å². The molecular weight excluding hydrogens is 488 g/mol. The van der Waals surface area contributed by atoms with E-state index in [-0.39, 0.29) is 11.6 Å². The molecule has 1 unspecified atom stereocenters. The van der Waals surface area contributed by atoms with E-state index in [0.717, 1.165) is 16.7 Å². The minimum atomic E-state index is -0.531. The smallest absolute Gasteiger partial charge is 0.343 e. The Balaban J connectivity index is 1.38. The highest BCUT2D eigenvalue weighted by Gasteiger charge is 2.31. The number of ether oxygens (including phenoxy) is 3. The fourth-order valence-corrected chi connectivity index (χ4v) is 4.22. The minimum absolute atomic E-state index is 0.00517. The quantitative estimate of drug-likeness (QED) is 0.240. The Morgan fingerprint density at radius 1 is 0.946 bits per heavy atom. The molecule has 4 aromatic carbocycles. The fraction of sp³-hybridized carbons (Fsp3) is 0.0667. The first-order chi connectivity index (χ1) is 18.0. The molecule has 2 N–H and O–H groups in total. The summed E-state index contributed by atoms with van der Waals surface area (Å²) in [5, 5.41) is 10.4. The summed E-state index contributed by atoms with van der Waals surface area (Å²) in [7, 11) is 0. The number of nitrogens with zero attached hydrogens (tertiary/aromatic N) is 1. The molecule has 0 fully saturated rings. The van der Waals surface area contributed by atoms with Gasteiger partial charge in [-0.3, -0.25) is 0 Å². The molecule has 1 heterocycles. The zero-order valence-corrected chi connectivity index (χ0v) is 20.3. The highest BCUT2D eigenvalue weighted by Crippen LogP contribution is 2.43. The van der Waals surface area contributed by atoms with Crippen molar-refractivity contribution < 1.29 is 19.0 Å². The monoisotopic (exact) mass is 508 g/mol. The van der Waals surface area contributed by atoms with Gasteiger partial charge in [-0.15, -0.1) is 0 Å². The standard InChI is InChI=1S/C30H21ClN2O4/c31-22-10-6-21(7-11-22)30(34)36-24-14-15-25-27(16-24)37-29(33)26(17-32)28(25)20-8-12-23(13-9-20)35-18-19-4-2-1-3-5-19/h1-16,28H,18,33H2. The SMILES string of the molecule is N#CC1=C(N)Oc2cc(OC(=O)c3ccc(Cl)cc3)ccc2C1c1ccc(OCc2ccccc2)cc1. The zero-order chi connectivity index (χ0) is 25.8. The Morgan fingerprint density at radius 2 is 1.65 bits per heavy atom.